The molecule has 4 rings (SSSR count). The molecular formula is C23H28N2O3S. The highest BCUT2D eigenvalue weighted by atomic mass is 32.2. The van der Waals surface area contributed by atoms with E-state index < -0.39 is 10.0 Å². The lowest BCUT2D eigenvalue weighted by molar-refractivity contribution is 0.0912. The Labute approximate surface area is 173 Å². The van der Waals surface area contributed by atoms with Gasteiger partial charge < -0.3 is 5.32 Å². The third-order valence-corrected chi connectivity index (χ3v) is 8.53. The van der Waals surface area contributed by atoms with Crippen LogP contribution in [0.1, 0.15) is 43.0 Å². The number of rotatable bonds is 6. The zero-order valence-electron chi connectivity index (χ0n) is 16.9. The molecule has 0 heterocycles. The summed E-state index contributed by atoms with van der Waals surface area (Å²) in [6.07, 6.45) is 5.01. The SMILES string of the molecule is C[C@@H](NC(=O)c1ccccc1S(=O)(=O)N(C)c1ccccc1)[C@@H]1C[C@H]2CC[C@H]1C2. The third kappa shape index (κ3) is 3.78. The van der Waals surface area contributed by atoms with Gasteiger partial charge in [-0.1, -0.05) is 36.8 Å². The average molecular weight is 413 g/mol. The Morgan fingerprint density at radius 3 is 2.38 bits per heavy atom. The number of para-hydroxylation sites is 1. The van der Waals surface area contributed by atoms with E-state index in [4.69, 9.17) is 0 Å². The predicted octanol–water partition coefficient (Wildman–Crippen LogP) is 4.07. The molecule has 2 fully saturated rings. The second-order valence-corrected chi connectivity index (χ2v) is 10.3. The lowest BCUT2D eigenvalue weighted by Crippen LogP contribution is -2.41. The Morgan fingerprint density at radius 1 is 1.03 bits per heavy atom. The van der Waals surface area contributed by atoms with Crippen molar-refractivity contribution in [3.05, 3.63) is 60.2 Å². The summed E-state index contributed by atoms with van der Waals surface area (Å²) in [6.45, 7) is 2.05. The second-order valence-electron chi connectivity index (χ2n) is 8.41. The molecule has 1 amide bonds. The summed E-state index contributed by atoms with van der Waals surface area (Å²) >= 11 is 0. The molecule has 0 radical (unpaired) electrons. The van der Waals surface area contributed by atoms with Crippen molar-refractivity contribution in [2.45, 2.75) is 43.5 Å². The van der Waals surface area contributed by atoms with Gasteiger partial charge in [-0.2, -0.15) is 0 Å². The van der Waals surface area contributed by atoms with E-state index in [2.05, 4.69) is 12.2 Å². The van der Waals surface area contributed by atoms with Crippen LogP contribution < -0.4 is 9.62 Å². The van der Waals surface area contributed by atoms with E-state index in [1.165, 1.54) is 43.1 Å². The minimum absolute atomic E-state index is 0.0315. The first-order chi connectivity index (χ1) is 13.9. The van der Waals surface area contributed by atoms with Crippen molar-refractivity contribution in [3.63, 3.8) is 0 Å². The summed E-state index contributed by atoms with van der Waals surface area (Å²) in [5, 5.41) is 3.09. The van der Waals surface area contributed by atoms with Gasteiger partial charge in [-0.15, -0.1) is 0 Å². The maximum absolute atomic E-state index is 13.2. The smallest absolute Gasteiger partial charge is 0.264 e. The number of carbonyl (C=O) groups excluding carboxylic acids is 1. The normalized spacial score (nSPS) is 24.3. The number of nitrogens with one attached hydrogen (secondary N) is 1. The van der Waals surface area contributed by atoms with Gasteiger partial charge in [0.2, 0.25) is 0 Å². The molecule has 6 heteroatoms. The van der Waals surface area contributed by atoms with Gasteiger partial charge in [-0.25, -0.2) is 8.42 Å². The lowest BCUT2D eigenvalue weighted by atomic mass is 9.84. The number of hydrogen-bond donors (Lipinski definition) is 1. The quantitative estimate of drug-likeness (QED) is 0.778. The Kier molecular flexibility index (Phi) is 5.38. The van der Waals surface area contributed by atoms with Crippen molar-refractivity contribution >= 4 is 21.6 Å². The van der Waals surface area contributed by atoms with E-state index in [-0.39, 0.29) is 22.4 Å². The van der Waals surface area contributed by atoms with E-state index in [1.807, 2.05) is 6.07 Å². The van der Waals surface area contributed by atoms with Crippen LogP contribution in [0.5, 0.6) is 0 Å². The molecule has 154 valence electrons. The standard InChI is InChI=1S/C23H28N2O3S/c1-16(21-15-17-12-13-18(21)14-17)24-23(26)20-10-6-7-11-22(20)29(27,28)25(2)19-8-4-3-5-9-19/h3-11,16-18,21H,12-15H2,1-2H3,(H,24,26)/t16-,17+,18+,21+/m1/s1. The Hall–Kier alpha value is -2.34. The highest BCUT2D eigenvalue weighted by Gasteiger charge is 2.42. The Morgan fingerprint density at radius 2 is 1.72 bits per heavy atom. The van der Waals surface area contributed by atoms with Gasteiger partial charge in [0.25, 0.3) is 15.9 Å². The summed E-state index contributed by atoms with van der Waals surface area (Å²) in [6, 6.07) is 15.4. The molecule has 2 saturated carbocycles. The molecule has 2 aromatic rings. The van der Waals surface area contributed by atoms with Crippen molar-refractivity contribution in [2.75, 3.05) is 11.4 Å². The molecule has 0 aromatic heterocycles. The number of benzene rings is 2. The van der Waals surface area contributed by atoms with Crippen molar-refractivity contribution < 1.29 is 13.2 Å². The van der Waals surface area contributed by atoms with Crippen LogP contribution in [0.3, 0.4) is 0 Å². The number of fused-ring (bicyclic) bond motifs is 2. The van der Waals surface area contributed by atoms with Gasteiger partial charge in [-0.05, 0) is 68.2 Å². The van der Waals surface area contributed by atoms with E-state index in [9.17, 15) is 13.2 Å². The van der Waals surface area contributed by atoms with Crippen LogP contribution in [-0.4, -0.2) is 27.4 Å². The minimum atomic E-state index is -3.86. The highest BCUT2D eigenvalue weighted by molar-refractivity contribution is 7.92. The van der Waals surface area contributed by atoms with Gasteiger partial charge in [0.15, 0.2) is 0 Å². The molecule has 2 aliphatic rings. The predicted molar refractivity (Wildman–Crippen MR) is 114 cm³/mol. The summed E-state index contributed by atoms with van der Waals surface area (Å²) < 4.78 is 27.7. The van der Waals surface area contributed by atoms with Crippen LogP contribution >= 0.6 is 0 Å². The van der Waals surface area contributed by atoms with E-state index >= 15 is 0 Å². The summed E-state index contributed by atoms with van der Waals surface area (Å²) in [4.78, 5) is 13.1. The number of carbonyl (C=O) groups is 1. The second kappa shape index (κ2) is 7.82. The molecular weight excluding hydrogens is 384 g/mol. The van der Waals surface area contributed by atoms with E-state index in [0.29, 0.717) is 17.5 Å². The lowest BCUT2D eigenvalue weighted by Gasteiger charge is -2.29. The third-order valence-electron chi connectivity index (χ3n) is 6.68. The van der Waals surface area contributed by atoms with Crippen molar-refractivity contribution in [2.24, 2.45) is 17.8 Å². The number of anilines is 1. The van der Waals surface area contributed by atoms with Crippen molar-refractivity contribution in [3.8, 4) is 0 Å². The zero-order chi connectivity index (χ0) is 20.6. The highest BCUT2D eigenvalue weighted by Crippen LogP contribution is 2.49. The first kappa shape index (κ1) is 20.0. The molecule has 0 saturated heterocycles. The average Bonchev–Trinajstić information content (AvgIpc) is 3.37. The molecule has 5 nitrogen and oxygen atoms in total. The number of nitrogens with zero attached hydrogens (tertiary/aromatic N) is 1. The van der Waals surface area contributed by atoms with Crippen LogP contribution in [0.15, 0.2) is 59.5 Å². The molecule has 2 aromatic carbocycles. The summed E-state index contributed by atoms with van der Waals surface area (Å²) in [7, 11) is -2.35. The maximum atomic E-state index is 13.2. The molecule has 0 unspecified atom stereocenters. The van der Waals surface area contributed by atoms with Gasteiger partial charge in [-0.3, -0.25) is 9.10 Å². The van der Waals surface area contributed by atoms with Crippen LogP contribution in [0.2, 0.25) is 0 Å². The van der Waals surface area contributed by atoms with Crippen molar-refractivity contribution in [1.82, 2.24) is 5.32 Å². The zero-order valence-corrected chi connectivity index (χ0v) is 17.7. The van der Waals surface area contributed by atoms with Crippen LogP contribution in [0.25, 0.3) is 0 Å². The molecule has 4 atom stereocenters. The van der Waals surface area contributed by atoms with Gasteiger partial charge in [0.1, 0.15) is 4.90 Å². The first-order valence-electron chi connectivity index (χ1n) is 10.3. The van der Waals surface area contributed by atoms with Crippen LogP contribution in [0, 0.1) is 17.8 Å². The minimum Gasteiger partial charge on any atom is -0.349 e. The largest absolute Gasteiger partial charge is 0.349 e. The van der Waals surface area contributed by atoms with Gasteiger partial charge >= 0.3 is 0 Å². The van der Waals surface area contributed by atoms with Crippen molar-refractivity contribution in [1.29, 1.82) is 0 Å². The molecule has 29 heavy (non-hydrogen) atoms. The van der Waals surface area contributed by atoms with Crippen LogP contribution in [0.4, 0.5) is 5.69 Å². The van der Waals surface area contributed by atoms with Gasteiger partial charge in [0, 0.05) is 13.1 Å². The number of hydrogen-bond acceptors (Lipinski definition) is 3. The monoisotopic (exact) mass is 412 g/mol. The fourth-order valence-electron chi connectivity index (χ4n) is 5.10. The summed E-state index contributed by atoms with van der Waals surface area (Å²) in [5.74, 6) is 1.67. The Balaban J connectivity index is 1.57. The molecule has 1 N–H and O–H groups in total. The maximum Gasteiger partial charge on any atom is 0.264 e. The molecule has 2 bridgehead atoms. The first-order valence-corrected chi connectivity index (χ1v) is 11.8. The fourth-order valence-corrected chi connectivity index (χ4v) is 6.48. The summed E-state index contributed by atoms with van der Waals surface area (Å²) in [5.41, 5.74) is 0.753. The number of amides is 1. The molecule has 0 spiro atoms. The fraction of sp³-hybridized carbons (Fsp3) is 0.435. The molecule has 0 aliphatic heterocycles. The number of sulfonamides is 1. The van der Waals surface area contributed by atoms with E-state index in [1.54, 1.807) is 42.5 Å². The molecule has 2 aliphatic carbocycles. The van der Waals surface area contributed by atoms with Crippen LogP contribution in [-0.2, 0) is 10.0 Å². The van der Waals surface area contributed by atoms with Gasteiger partial charge in [0.05, 0.1) is 11.3 Å². The topological polar surface area (TPSA) is 66.5 Å². The Bertz CT molecular complexity index is 990. The van der Waals surface area contributed by atoms with E-state index in [0.717, 1.165) is 5.92 Å².